The maximum Gasteiger partial charge on any atom is 0.433 e. The molecule has 1 unspecified atom stereocenters. The third kappa shape index (κ3) is 3.29. The molecular weight excluding hydrogens is 357 g/mol. The van der Waals surface area contributed by atoms with Crippen LogP contribution >= 0.6 is 11.8 Å². The highest BCUT2D eigenvalue weighted by atomic mass is 32.2. The van der Waals surface area contributed by atoms with E-state index in [4.69, 9.17) is 9.47 Å². The van der Waals surface area contributed by atoms with Gasteiger partial charge in [-0.05, 0) is 25.2 Å². The number of alkyl halides is 3. The van der Waals surface area contributed by atoms with E-state index >= 15 is 0 Å². The van der Waals surface area contributed by atoms with Crippen LogP contribution in [0.15, 0.2) is 5.16 Å². The highest BCUT2D eigenvalue weighted by Gasteiger charge is 2.45. The molecule has 0 saturated carbocycles. The van der Waals surface area contributed by atoms with Crippen molar-refractivity contribution < 1.29 is 27.4 Å². The van der Waals surface area contributed by atoms with Crippen LogP contribution in [0.25, 0.3) is 0 Å². The predicted octanol–water partition coefficient (Wildman–Crippen LogP) is 2.80. The van der Waals surface area contributed by atoms with E-state index in [1.807, 2.05) is 6.92 Å². The van der Waals surface area contributed by atoms with Gasteiger partial charge in [-0.25, -0.2) is 9.97 Å². The molecule has 3 aliphatic rings. The third-order valence-electron chi connectivity index (χ3n) is 4.81. The van der Waals surface area contributed by atoms with Gasteiger partial charge in [0.1, 0.15) is 0 Å². The third-order valence-corrected chi connectivity index (χ3v) is 5.98. The molecule has 3 heterocycles. The fourth-order valence-corrected chi connectivity index (χ4v) is 4.63. The average molecular weight is 374 g/mol. The van der Waals surface area contributed by atoms with Crippen molar-refractivity contribution in [1.82, 2.24) is 9.97 Å². The summed E-state index contributed by atoms with van der Waals surface area (Å²) in [7, 11) is 0. The smallest absolute Gasteiger partial charge is 0.343 e. The van der Waals surface area contributed by atoms with Gasteiger partial charge in [0.25, 0.3) is 0 Å². The molecule has 2 fully saturated rings. The van der Waals surface area contributed by atoms with Crippen molar-refractivity contribution in [3.63, 3.8) is 0 Å². The Hall–Kier alpha value is -1.19. The zero-order valence-electron chi connectivity index (χ0n) is 13.5. The van der Waals surface area contributed by atoms with Crippen molar-refractivity contribution in [2.75, 3.05) is 6.61 Å². The molecule has 0 N–H and O–H groups in total. The lowest BCUT2D eigenvalue weighted by molar-refractivity contribution is -0.151. The van der Waals surface area contributed by atoms with Gasteiger partial charge >= 0.3 is 6.18 Å². The van der Waals surface area contributed by atoms with E-state index in [9.17, 15) is 18.0 Å². The average Bonchev–Trinajstić information content (AvgIpc) is 2.97. The van der Waals surface area contributed by atoms with Gasteiger partial charge in [0.05, 0.1) is 12.7 Å². The van der Waals surface area contributed by atoms with Crippen LogP contribution in [-0.2, 0) is 33.3 Å². The molecule has 2 aliphatic heterocycles. The summed E-state index contributed by atoms with van der Waals surface area (Å²) in [4.78, 5) is 20.0. The van der Waals surface area contributed by atoms with Crippen LogP contribution in [0.4, 0.5) is 13.2 Å². The minimum absolute atomic E-state index is 0.0624. The Morgan fingerprint density at radius 2 is 2.04 bits per heavy atom. The van der Waals surface area contributed by atoms with Crippen molar-refractivity contribution in [3.8, 4) is 0 Å². The van der Waals surface area contributed by atoms with Crippen LogP contribution in [-0.4, -0.2) is 40.0 Å². The van der Waals surface area contributed by atoms with Gasteiger partial charge in [0.15, 0.2) is 16.6 Å². The number of thioether (sulfide) groups is 1. The van der Waals surface area contributed by atoms with Crippen molar-refractivity contribution in [1.29, 1.82) is 0 Å². The molecule has 1 aliphatic carbocycles. The summed E-state index contributed by atoms with van der Waals surface area (Å²) in [5.41, 5.74) is -0.141. The first kappa shape index (κ1) is 17.2. The van der Waals surface area contributed by atoms with Gasteiger partial charge < -0.3 is 9.47 Å². The number of carbonyl (C=O) groups excluding carboxylic acids is 1. The molecule has 4 atom stereocenters. The Morgan fingerprint density at radius 3 is 2.80 bits per heavy atom. The largest absolute Gasteiger partial charge is 0.433 e. The van der Waals surface area contributed by atoms with Gasteiger partial charge in [-0.1, -0.05) is 18.7 Å². The number of fused-ring (bicyclic) bond motifs is 3. The number of halogens is 3. The summed E-state index contributed by atoms with van der Waals surface area (Å²) in [6, 6.07) is 0. The molecule has 1 aromatic rings. The van der Waals surface area contributed by atoms with Gasteiger partial charge in [0, 0.05) is 22.9 Å². The van der Waals surface area contributed by atoms with Gasteiger partial charge in [0.2, 0.25) is 6.29 Å². The monoisotopic (exact) mass is 374 g/mol. The summed E-state index contributed by atoms with van der Waals surface area (Å²) in [6.07, 6.45) is -3.78. The minimum Gasteiger partial charge on any atom is -0.343 e. The van der Waals surface area contributed by atoms with E-state index < -0.39 is 18.2 Å². The second-order valence-corrected chi connectivity index (χ2v) is 8.00. The number of ether oxygens (including phenoxy) is 2. The molecule has 0 aromatic carbocycles. The van der Waals surface area contributed by atoms with Crippen molar-refractivity contribution in [2.24, 2.45) is 5.92 Å². The van der Waals surface area contributed by atoms with Crippen molar-refractivity contribution in [3.05, 3.63) is 17.0 Å². The van der Waals surface area contributed by atoms with Gasteiger partial charge in [-0.15, -0.1) is 0 Å². The van der Waals surface area contributed by atoms with E-state index in [2.05, 4.69) is 9.97 Å². The first-order valence-corrected chi connectivity index (χ1v) is 9.12. The van der Waals surface area contributed by atoms with Crippen molar-refractivity contribution in [2.45, 2.75) is 61.6 Å². The molecule has 0 amide bonds. The number of nitrogens with zero attached hydrogens (tertiary/aromatic N) is 2. The normalized spacial score (nSPS) is 31.9. The summed E-state index contributed by atoms with van der Waals surface area (Å²) in [5, 5.41) is -0.264. The van der Waals surface area contributed by atoms with E-state index in [1.54, 1.807) is 0 Å². The lowest BCUT2D eigenvalue weighted by atomic mass is 9.87. The van der Waals surface area contributed by atoms with E-state index in [0.717, 1.165) is 18.2 Å². The van der Waals surface area contributed by atoms with E-state index in [1.165, 1.54) is 0 Å². The first-order valence-electron chi connectivity index (χ1n) is 8.24. The Morgan fingerprint density at radius 1 is 1.24 bits per heavy atom. The summed E-state index contributed by atoms with van der Waals surface area (Å²) >= 11 is 1.08. The number of rotatable bonds is 2. The van der Waals surface area contributed by atoms with Crippen LogP contribution in [0, 0.1) is 5.92 Å². The molecule has 5 nitrogen and oxygen atoms in total. The lowest BCUT2D eigenvalue weighted by Gasteiger charge is -2.27. The number of carbonyl (C=O) groups is 1. The molecule has 9 heteroatoms. The summed E-state index contributed by atoms with van der Waals surface area (Å²) in [6.45, 7) is 2.20. The Kier molecular flexibility index (Phi) is 4.28. The van der Waals surface area contributed by atoms with Crippen molar-refractivity contribution >= 4 is 17.5 Å². The quantitative estimate of drug-likeness (QED) is 0.742. The van der Waals surface area contributed by atoms with Crippen LogP contribution < -0.4 is 0 Å². The number of hydrogen-bond donors (Lipinski definition) is 0. The molecule has 2 saturated heterocycles. The molecule has 2 bridgehead atoms. The molecule has 136 valence electrons. The summed E-state index contributed by atoms with van der Waals surface area (Å²) < 4.78 is 51.1. The maximum atomic E-state index is 13.5. The number of Topliss-reactive ketones (excluding diaryl/α,β-unsaturated/α-hetero) is 1. The number of aromatic nitrogens is 2. The molecule has 4 rings (SSSR count). The van der Waals surface area contributed by atoms with E-state index in [0.29, 0.717) is 18.5 Å². The van der Waals surface area contributed by atoms with Crippen LogP contribution in [0.1, 0.15) is 36.7 Å². The first-order chi connectivity index (χ1) is 11.8. The second-order valence-electron chi connectivity index (χ2n) is 6.79. The maximum absolute atomic E-state index is 13.5. The Bertz CT molecular complexity index is 713. The SMILES string of the molecule is CC1CCc2nc(S[C@@H]3CC(=O)[C@H]4OC[C@@H]3O4)nc(C(F)(F)F)c2C1. The number of aryl methyl sites for hydroxylation is 1. The molecule has 0 spiro atoms. The van der Waals surface area contributed by atoms with Crippen LogP contribution in [0.3, 0.4) is 0 Å². The second kappa shape index (κ2) is 6.21. The zero-order chi connectivity index (χ0) is 17.8. The van der Waals surface area contributed by atoms with Crippen LogP contribution in [0.5, 0.6) is 0 Å². The molecule has 0 radical (unpaired) electrons. The Balaban J connectivity index is 1.65. The fraction of sp³-hybridized carbons (Fsp3) is 0.688. The topological polar surface area (TPSA) is 61.3 Å². The van der Waals surface area contributed by atoms with Gasteiger partial charge in [-0.3, -0.25) is 4.79 Å². The molecular formula is C16H17F3N2O3S. The van der Waals surface area contributed by atoms with E-state index in [-0.39, 0.29) is 46.8 Å². The highest BCUT2D eigenvalue weighted by molar-refractivity contribution is 7.99. The lowest BCUT2D eigenvalue weighted by Crippen LogP contribution is -2.37. The number of ketones is 1. The summed E-state index contributed by atoms with van der Waals surface area (Å²) in [5.74, 6) is 0.00159. The van der Waals surface area contributed by atoms with Gasteiger partial charge in [-0.2, -0.15) is 13.2 Å². The standard InChI is InChI=1S/C16H17F3N2O3S/c1-7-2-3-9-8(4-7)13(16(17,18)19)21-15(20-9)25-12-5-10(22)14-23-6-11(12)24-14/h7,11-12,14H,2-6H2,1H3/t7?,11-,12+,14-/m0/s1. The Labute approximate surface area is 146 Å². The van der Waals surface area contributed by atoms with Crippen LogP contribution in [0.2, 0.25) is 0 Å². The highest BCUT2D eigenvalue weighted by Crippen LogP contribution is 2.40. The molecule has 1 aromatic heterocycles. The fourth-order valence-electron chi connectivity index (χ4n) is 3.51. The zero-order valence-corrected chi connectivity index (χ0v) is 14.3. The number of hydrogen-bond acceptors (Lipinski definition) is 6. The minimum atomic E-state index is -4.51. The molecule has 25 heavy (non-hydrogen) atoms. The predicted molar refractivity (Wildman–Crippen MR) is 82.1 cm³/mol.